The molecule has 0 aromatic heterocycles. The first-order chi connectivity index (χ1) is 5.95. The van der Waals surface area contributed by atoms with Crippen LogP contribution in [-0.4, -0.2) is 0 Å². The first kappa shape index (κ1) is 12.7. The van der Waals surface area contributed by atoms with E-state index in [4.69, 9.17) is 0 Å². The fourth-order valence-electron chi connectivity index (χ4n) is 1.96. The molecular formula is C13H26. The van der Waals surface area contributed by atoms with Crippen molar-refractivity contribution in [3.8, 4) is 0 Å². The molecule has 1 aliphatic carbocycles. The summed E-state index contributed by atoms with van der Waals surface area (Å²) in [4.78, 5) is 0. The monoisotopic (exact) mass is 182 g/mol. The second-order valence-electron chi connectivity index (χ2n) is 4.71. The Labute approximate surface area is 84.4 Å². The smallest absolute Gasteiger partial charge is 0.0144 e. The minimum atomic E-state index is 0.395. The highest BCUT2D eigenvalue weighted by Crippen LogP contribution is 2.44. The van der Waals surface area contributed by atoms with Crippen molar-refractivity contribution in [1.29, 1.82) is 0 Å². The molecule has 0 spiro atoms. The summed E-state index contributed by atoms with van der Waals surface area (Å²) in [6.07, 6.45) is 2.69. The van der Waals surface area contributed by atoms with Gasteiger partial charge >= 0.3 is 0 Å². The molecule has 0 aliphatic heterocycles. The van der Waals surface area contributed by atoms with E-state index in [2.05, 4.69) is 34.3 Å². The van der Waals surface area contributed by atoms with Gasteiger partial charge in [0.1, 0.15) is 0 Å². The van der Waals surface area contributed by atoms with Gasteiger partial charge in [-0.25, -0.2) is 0 Å². The summed E-state index contributed by atoms with van der Waals surface area (Å²) in [5.74, 6) is 1.56. The highest BCUT2D eigenvalue weighted by Gasteiger charge is 2.33. The van der Waals surface area contributed by atoms with E-state index < -0.39 is 0 Å². The predicted molar refractivity (Wildman–Crippen MR) is 61.8 cm³/mol. The molecule has 1 aliphatic rings. The molecule has 1 fully saturated rings. The van der Waals surface area contributed by atoms with E-state index in [1.54, 1.807) is 0 Å². The third kappa shape index (κ3) is 2.86. The Hall–Kier alpha value is -0.260. The highest BCUT2D eigenvalue weighted by atomic mass is 14.4. The number of allylic oxidation sites excluding steroid dienone is 1. The second-order valence-corrected chi connectivity index (χ2v) is 4.71. The molecule has 78 valence electrons. The van der Waals surface area contributed by atoms with Crippen molar-refractivity contribution >= 4 is 0 Å². The molecule has 0 aromatic carbocycles. The molecule has 0 heteroatoms. The van der Waals surface area contributed by atoms with Crippen LogP contribution in [0.3, 0.4) is 0 Å². The standard InChI is InChI=1S/C11H20.C2H6/c1-8-6-7-11(4,5)10(3)9(8)2;1-2/h8-9H,3,6-7H2,1-2,4-5H3;1-2H3/t8?,9-;/m1./s1. The minimum absolute atomic E-state index is 0.395. The Morgan fingerprint density at radius 1 is 1.23 bits per heavy atom. The predicted octanol–water partition coefficient (Wildman–Crippen LogP) is 4.66. The van der Waals surface area contributed by atoms with Crippen LogP contribution in [0.5, 0.6) is 0 Å². The lowest BCUT2D eigenvalue weighted by Gasteiger charge is -2.40. The van der Waals surface area contributed by atoms with Crippen molar-refractivity contribution in [3.05, 3.63) is 12.2 Å². The Bertz CT molecular complexity index is 165. The molecule has 0 bridgehead atoms. The third-order valence-corrected chi connectivity index (χ3v) is 3.50. The van der Waals surface area contributed by atoms with Crippen LogP contribution >= 0.6 is 0 Å². The van der Waals surface area contributed by atoms with Gasteiger partial charge in [0.15, 0.2) is 0 Å². The van der Waals surface area contributed by atoms with Gasteiger partial charge < -0.3 is 0 Å². The number of hydrogen-bond acceptors (Lipinski definition) is 0. The fraction of sp³-hybridized carbons (Fsp3) is 0.846. The Morgan fingerprint density at radius 3 is 2.08 bits per heavy atom. The first-order valence-corrected chi connectivity index (χ1v) is 5.64. The number of rotatable bonds is 0. The van der Waals surface area contributed by atoms with Crippen molar-refractivity contribution in [2.24, 2.45) is 17.3 Å². The molecule has 0 heterocycles. The normalized spacial score (nSPS) is 32.0. The molecular weight excluding hydrogens is 156 g/mol. The quantitative estimate of drug-likeness (QED) is 0.478. The minimum Gasteiger partial charge on any atom is -0.0990 e. The molecule has 0 aromatic rings. The summed E-state index contributed by atoms with van der Waals surface area (Å²) >= 11 is 0. The van der Waals surface area contributed by atoms with E-state index in [9.17, 15) is 0 Å². The molecule has 1 rings (SSSR count). The van der Waals surface area contributed by atoms with E-state index in [1.165, 1.54) is 18.4 Å². The fourth-order valence-corrected chi connectivity index (χ4v) is 1.96. The molecule has 13 heavy (non-hydrogen) atoms. The van der Waals surface area contributed by atoms with Crippen LogP contribution < -0.4 is 0 Å². The van der Waals surface area contributed by atoms with Crippen LogP contribution in [0.25, 0.3) is 0 Å². The first-order valence-electron chi connectivity index (χ1n) is 5.64. The van der Waals surface area contributed by atoms with Crippen LogP contribution in [0, 0.1) is 17.3 Å². The lowest BCUT2D eigenvalue weighted by Crippen LogP contribution is -2.29. The highest BCUT2D eigenvalue weighted by molar-refractivity contribution is 5.14. The molecule has 1 saturated carbocycles. The Morgan fingerprint density at radius 2 is 1.69 bits per heavy atom. The van der Waals surface area contributed by atoms with E-state index in [-0.39, 0.29) is 0 Å². The lowest BCUT2D eigenvalue weighted by atomic mass is 9.65. The van der Waals surface area contributed by atoms with Crippen molar-refractivity contribution in [2.75, 3.05) is 0 Å². The molecule has 0 N–H and O–H groups in total. The van der Waals surface area contributed by atoms with Gasteiger partial charge in [0, 0.05) is 0 Å². The average Bonchev–Trinajstić information content (AvgIpc) is 2.13. The van der Waals surface area contributed by atoms with Crippen LogP contribution in [0.2, 0.25) is 0 Å². The van der Waals surface area contributed by atoms with Gasteiger partial charge in [0.25, 0.3) is 0 Å². The van der Waals surface area contributed by atoms with Gasteiger partial charge in [-0.15, -0.1) is 0 Å². The van der Waals surface area contributed by atoms with Crippen LogP contribution in [0.1, 0.15) is 54.4 Å². The Kier molecular flexibility index (Phi) is 4.74. The summed E-state index contributed by atoms with van der Waals surface area (Å²) < 4.78 is 0. The third-order valence-electron chi connectivity index (χ3n) is 3.50. The van der Waals surface area contributed by atoms with Crippen molar-refractivity contribution in [2.45, 2.75) is 54.4 Å². The van der Waals surface area contributed by atoms with Crippen molar-refractivity contribution in [1.82, 2.24) is 0 Å². The molecule has 0 amide bonds. The summed E-state index contributed by atoms with van der Waals surface area (Å²) in [7, 11) is 0. The van der Waals surface area contributed by atoms with Gasteiger partial charge in [-0.2, -0.15) is 0 Å². The van der Waals surface area contributed by atoms with Crippen molar-refractivity contribution in [3.63, 3.8) is 0 Å². The van der Waals surface area contributed by atoms with Crippen LogP contribution in [0.15, 0.2) is 12.2 Å². The summed E-state index contributed by atoms with van der Waals surface area (Å²) in [6.45, 7) is 17.5. The maximum atomic E-state index is 4.20. The second kappa shape index (κ2) is 4.83. The zero-order valence-electron chi connectivity index (χ0n) is 10.3. The zero-order chi connectivity index (χ0) is 10.6. The zero-order valence-corrected chi connectivity index (χ0v) is 10.3. The molecule has 0 nitrogen and oxygen atoms in total. The summed E-state index contributed by atoms with van der Waals surface area (Å²) in [5, 5.41) is 0. The Balaban J connectivity index is 0.000000671. The van der Waals surface area contributed by atoms with E-state index in [1.807, 2.05) is 13.8 Å². The van der Waals surface area contributed by atoms with Crippen molar-refractivity contribution < 1.29 is 0 Å². The topological polar surface area (TPSA) is 0 Å². The molecule has 2 atom stereocenters. The average molecular weight is 182 g/mol. The summed E-state index contributed by atoms with van der Waals surface area (Å²) in [5.41, 5.74) is 1.85. The van der Waals surface area contributed by atoms with E-state index >= 15 is 0 Å². The SMILES string of the molecule is C=C1[C@H](C)C(C)CCC1(C)C.CC. The largest absolute Gasteiger partial charge is 0.0990 e. The van der Waals surface area contributed by atoms with Gasteiger partial charge in [0.05, 0.1) is 0 Å². The molecule has 0 saturated heterocycles. The van der Waals surface area contributed by atoms with Crippen LogP contribution in [-0.2, 0) is 0 Å². The summed E-state index contributed by atoms with van der Waals surface area (Å²) in [6, 6.07) is 0. The van der Waals surface area contributed by atoms with Gasteiger partial charge in [-0.3, -0.25) is 0 Å². The maximum absolute atomic E-state index is 4.20. The molecule has 0 radical (unpaired) electrons. The van der Waals surface area contributed by atoms with Gasteiger partial charge in [0.2, 0.25) is 0 Å². The van der Waals surface area contributed by atoms with Crippen LogP contribution in [0.4, 0.5) is 0 Å². The van der Waals surface area contributed by atoms with E-state index in [0.29, 0.717) is 5.41 Å². The molecule has 1 unspecified atom stereocenters. The van der Waals surface area contributed by atoms with Gasteiger partial charge in [-0.05, 0) is 30.1 Å². The lowest BCUT2D eigenvalue weighted by molar-refractivity contribution is 0.227. The maximum Gasteiger partial charge on any atom is -0.0144 e. The van der Waals surface area contributed by atoms with Gasteiger partial charge in [-0.1, -0.05) is 53.7 Å². The number of hydrogen-bond donors (Lipinski definition) is 0. The van der Waals surface area contributed by atoms with E-state index in [0.717, 1.165) is 11.8 Å².